The van der Waals surface area contributed by atoms with Crippen molar-refractivity contribution in [3.8, 4) is 0 Å². The molecule has 2 aromatic heterocycles. The first-order valence-electron chi connectivity index (χ1n) is 9.65. The van der Waals surface area contributed by atoms with Crippen molar-refractivity contribution in [2.45, 2.75) is 50.2 Å². The molecule has 2 N–H and O–H groups in total. The van der Waals surface area contributed by atoms with E-state index < -0.39 is 0 Å². The molecule has 1 unspecified atom stereocenters. The Balaban J connectivity index is 1.28. The van der Waals surface area contributed by atoms with E-state index >= 15 is 0 Å². The largest absolute Gasteiger partial charge is 0.349 e. The SMILES string of the molecule is CC(NC(=O)CSc1n[nH]c(Cc2cccs2)n1)c1ccc2c(c1)CCCC2. The maximum atomic E-state index is 12.4. The van der Waals surface area contributed by atoms with Crippen LogP contribution in [0.2, 0.25) is 0 Å². The highest BCUT2D eigenvalue weighted by Crippen LogP contribution is 2.25. The molecule has 3 aromatic rings. The zero-order chi connectivity index (χ0) is 19.3. The van der Waals surface area contributed by atoms with Gasteiger partial charge in [-0.15, -0.1) is 16.4 Å². The number of fused-ring (bicyclic) bond motifs is 1. The number of aromatic amines is 1. The molecule has 0 saturated carbocycles. The van der Waals surface area contributed by atoms with E-state index in [2.05, 4.69) is 50.1 Å². The number of hydrogen-bond donors (Lipinski definition) is 2. The number of thioether (sulfide) groups is 1. The summed E-state index contributed by atoms with van der Waals surface area (Å²) in [5.74, 6) is 1.14. The average molecular weight is 413 g/mol. The number of hydrogen-bond acceptors (Lipinski definition) is 5. The summed E-state index contributed by atoms with van der Waals surface area (Å²) in [6.45, 7) is 2.04. The molecule has 0 aliphatic heterocycles. The van der Waals surface area contributed by atoms with Crippen LogP contribution in [0.3, 0.4) is 0 Å². The number of nitrogens with one attached hydrogen (secondary N) is 2. The van der Waals surface area contributed by atoms with Gasteiger partial charge in [0.1, 0.15) is 5.82 Å². The molecule has 0 fully saturated rings. The van der Waals surface area contributed by atoms with E-state index in [-0.39, 0.29) is 11.9 Å². The Morgan fingerprint density at radius 3 is 2.96 bits per heavy atom. The van der Waals surface area contributed by atoms with Crippen molar-refractivity contribution >= 4 is 29.0 Å². The molecule has 28 heavy (non-hydrogen) atoms. The number of carbonyl (C=O) groups is 1. The lowest BCUT2D eigenvalue weighted by Crippen LogP contribution is -2.28. The van der Waals surface area contributed by atoms with Crippen LogP contribution in [-0.2, 0) is 24.1 Å². The Hall–Kier alpha value is -2.12. The number of H-pyrrole nitrogens is 1. The maximum Gasteiger partial charge on any atom is 0.230 e. The Bertz CT molecular complexity index is 936. The van der Waals surface area contributed by atoms with Crippen molar-refractivity contribution in [2.75, 3.05) is 5.75 Å². The molecular weight excluding hydrogens is 388 g/mol. The van der Waals surface area contributed by atoms with Gasteiger partial charge >= 0.3 is 0 Å². The lowest BCUT2D eigenvalue weighted by Gasteiger charge is -2.20. The van der Waals surface area contributed by atoms with Crippen LogP contribution in [0.5, 0.6) is 0 Å². The number of amides is 1. The van der Waals surface area contributed by atoms with Crippen LogP contribution >= 0.6 is 23.1 Å². The molecule has 2 heterocycles. The van der Waals surface area contributed by atoms with E-state index in [1.807, 2.05) is 13.0 Å². The van der Waals surface area contributed by atoms with E-state index in [1.165, 1.54) is 52.6 Å². The van der Waals surface area contributed by atoms with Gasteiger partial charge in [0.25, 0.3) is 0 Å². The third-order valence-electron chi connectivity index (χ3n) is 5.02. The fraction of sp³-hybridized carbons (Fsp3) is 0.381. The number of aryl methyl sites for hydroxylation is 2. The van der Waals surface area contributed by atoms with Crippen molar-refractivity contribution in [3.63, 3.8) is 0 Å². The van der Waals surface area contributed by atoms with Crippen molar-refractivity contribution in [3.05, 3.63) is 63.1 Å². The van der Waals surface area contributed by atoms with Crippen molar-refractivity contribution < 1.29 is 4.79 Å². The third-order valence-corrected chi connectivity index (χ3v) is 6.74. The molecular formula is C21H24N4OS2. The molecule has 1 aromatic carbocycles. The summed E-state index contributed by atoms with van der Waals surface area (Å²) in [4.78, 5) is 18.1. The van der Waals surface area contributed by atoms with Crippen molar-refractivity contribution in [1.82, 2.24) is 20.5 Å². The highest BCUT2D eigenvalue weighted by molar-refractivity contribution is 7.99. The monoisotopic (exact) mass is 412 g/mol. The molecule has 1 atom stereocenters. The molecule has 1 amide bonds. The van der Waals surface area contributed by atoms with Gasteiger partial charge in [-0.3, -0.25) is 9.89 Å². The molecule has 0 spiro atoms. The predicted octanol–water partition coefficient (Wildman–Crippen LogP) is 4.31. The highest BCUT2D eigenvalue weighted by atomic mass is 32.2. The first kappa shape index (κ1) is 19.2. The first-order valence-corrected chi connectivity index (χ1v) is 11.5. The zero-order valence-corrected chi connectivity index (χ0v) is 17.5. The summed E-state index contributed by atoms with van der Waals surface area (Å²) >= 11 is 3.06. The second-order valence-electron chi connectivity index (χ2n) is 7.13. The minimum absolute atomic E-state index is 0.000160. The van der Waals surface area contributed by atoms with Gasteiger partial charge in [-0.1, -0.05) is 36.0 Å². The summed E-state index contributed by atoms with van der Waals surface area (Å²) in [6, 6.07) is 10.7. The molecule has 146 valence electrons. The smallest absolute Gasteiger partial charge is 0.230 e. The van der Waals surface area contributed by atoms with E-state index in [4.69, 9.17) is 0 Å². The van der Waals surface area contributed by atoms with E-state index in [9.17, 15) is 4.79 Å². The fourth-order valence-corrected chi connectivity index (χ4v) is 4.86. The number of rotatable bonds is 7. The van der Waals surface area contributed by atoms with E-state index in [0.717, 1.165) is 18.7 Å². The minimum Gasteiger partial charge on any atom is -0.349 e. The third kappa shape index (κ3) is 4.83. The van der Waals surface area contributed by atoms with Crippen LogP contribution in [0.15, 0.2) is 40.9 Å². The summed E-state index contributed by atoms with van der Waals surface area (Å²) < 4.78 is 0. The van der Waals surface area contributed by atoms with Crippen LogP contribution in [0.1, 0.15) is 53.2 Å². The molecule has 5 nitrogen and oxygen atoms in total. The van der Waals surface area contributed by atoms with Crippen LogP contribution in [0.4, 0.5) is 0 Å². The Kier molecular flexibility index (Phi) is 6.12. The molecule has 0 radical (unpaired) electrons. The quantitative estimate of drug-likeness (QED) is 0.568. The van der Waals surface area contributed by atoms with E-state index in [0.29, 0.717) is 10.9 Å². The number of thiophene rings is 1. The topological polar surface area (TPSA) is 70.7 Å². The summed E-state index contributed by atoms with van der Waals surface area (Å²) in [7, 11) is 0. The number of carbonyl (C=O) groups excluding carboxylic acids is 1. The number of benzene rings is 1. The average Bonchev–Trinajstić information content (AvgIpc) is 3.38. The minimum atomic E-state index is -0.000160. The second-order valence-corrected chi connectivity index (χ2v) is 9.11. The summed E-state index contributed by atoms with van der Waals surface area (Å²) in [5, 5.41) is 12.9. The fourth-order valence-electron chi connectivity index (χ4n) is 3.52. The summed E-state index contributed by atoms with van der Waals surface area (Å²) in [5.41, 5.74) is 4.08. The van der Waals surface area contributed by atoms with Gasteiger partial charge in [-0.25, -0.2) is 4.98 Å². The van der Waals surface area contributed by atoms with Crippen LogP contribution in [0, 0.1) is 0 Å². The van der Waals surface area contributed by atoms with Gasteiger partial charge in [0, 0.05) is 11.3 Å². The Labute approximate surface area is 173 Å². The Morgan fingerprint density at radius 2 is 2.14 bits per heavy atom. The maximum absolute atomic E-state index is 12.4. The van der Waals surface area contributed by atoms with E-state index in [1.54, 1.807) is 11.3 Å². The van der Waals surface area contributed by atoms with Gasteiger partial charge < -0.3 is 5.32 Å². The molecule has 1 aliphatic carbocycles. The second kappa shape index (κ2) is 8.92. The van der Waals surface area contributed by atoms with Gasteiger partial charge in [0.05, 0.1) is 11.8 Å². The predicted molar refractivity (Wildman–Crippen MR) is 114 cm³/mol. The molecule has 4 rings (SSSR count). The van der Waals surface area contributed by atoms with Crippen LogP contribution < -0.4 is 5.32 Å². The lowest BCUT2D eigenvalue weighted by atomic mass is 9.89. The first-order chi connectivity index (χ1) is 13.7. The van der Waals surface area contributed by atoms with Gasteiger partial charge in [0.2, 0.25) is 11.1 Å². The van der Waals surface area contributed by atoms with Gasteiger partial charge in [0.15, 0.2) is 0 Å². The lowest BCUT2D eigenvalue weighted by molar-refractivity contribution is -0.119. The molecule has 7 heteroatoms. The molecule has 1 aliphatic rings. The van der Waals surface area contributed by atoms with Gasteiger partial charge in [-0.2, -0.15) is 0 Å². The Morgan fingerprint density at radius 1 is 1.29 bits per heavy atom. The van der Waals surface area contributed by atoms with Crippen LogP contribution in [0.25, 0.3) is 0 Å². The normalized spacial score (nSPS) is 14.5. The standard InChI is InChI=1S/C21H24N4OS2/c1-14(16-9-8-15-5-2-3-6-17(15)11-16)22-20(26)13-28-21-23-19(24-25-21)12-18-7-4-10-27-18/h4,7-11,14H,2-3,5-6,12-13H2,1H3,(H,22,26)(H,23,24,25). The zero-order valence-electron chi connectivity index (χ0n) is 15.9. The van der Waals surface area contributed by atoms with Crippen LogP contribution in [-0.4, -0.2) is 26.8 Å². The highest BCUT2D eigenvalue weighted by Gasteiger charge is 2.15. The molecule has 0 bridgehead atoms. The van der Waals surface area contributed by atoms with Crippen molar-refractivity contribution in [2.24, 2.45) is 0 Å². The number of nitrogens with zero attached hydrogens (tertiary/aromatic N) is 2. The molecule has 0 saturated heterocycles. The summed E-state index contributed by atoms with van der Waals surface area (Å²) in [6.07, 6.45) is 5.62. The van der Waals surface area contributed by atoms with Gasteiger partial charge in [-0.05, 0) is 60.7 Å². The van der Waals surface area contributed by atoms with Crippen molar-refractivity contribution in [1.29, 1.82) is 0 Å². The number of aromatic nitrogens is 3.